The molecule has 1 saturated heterocycles. The average Bonchev–Trinajstić information content (AvgIpc) is 2.42. The summed E-state index contributed by atoms with van der Waals surface area (Å²) in [4.78, 5) is 0. The summed E-state index contributed by atoms with van der Waals surface area (Å²) in [7, 11) is -0.872. The molecule has 1 fully saturated rings. The largest absolute Gasteiger partial charge is 0.381 e. The molecule has 1 aliphatic rings. The lowest BCUT2D eigenvalue weighted by atomic mass is 10.1. The van der Waals surface area contributed by atoms with Crippen LogP contribution >= 0.6 is 11.6 Å². The van der Waals surface area contributed by atoms with Crippen molar-refractivity contribution in [3.05, 3.63) is 34.3 Å². The number of hydrogen-bond donors (Lipinski definition) is 1. The molecule has 1 atom stereocenters. The molecule has 1 unspecified atom stereocenters. The van der Waals surface area contributed by atoms with E-state index >= 15 is 0 Å². The van der Waals surface area contributed by atoms with Gasteiger partial charge >= 0.3 is 0 Å². The minimum Gasteiger partial charge on any atom is -0.381 e. The Labute approximate surface area is 115 Å². The van der Waals surface area contributed by atoms with E-state index in [-0.39, 0.29) is 5.25 Å². The molecule has 100 valence electrons. The number of benzene rings is 1. The molecule has 1 heterocycles. The van der Waals surface area contributed by atoms with Gasteiger partial charge in [-0.05, 0) is 30.0 Å². The summed E-state index contributed by atoms with van der Waals surface area (Å²) >= 11 is 6.18. The third kappa shape index (κ3) is 3.54. The van der Waals surface area contributed by atoms with Crippen LogP contribution in [0.1, 0.15) is 24.0 Å². The van der Waals surface area contributed by atoms with Crippen molar-refractivity contribution >= 4 is 22.4 Å². The monoisotopic (exact) mass is 287 g/mol. The SMILES string of the molecule is NCc1ccc(CS(=O)C2CCOCC2)c(Cl)c1. The van der Waals surface area contributed by atoms with Gasteiger partial charge < -0.3 is 10.5 Å². The second kappa shape index (κ2) is 6.66. The molecule has 0 amide bonds. The second-order valence-electron chi connectivity index (χ2n) is 4.47. The van der Waals surface area contributed by atoms with Crippen LogP contribution in [-0.4, -0.2) is 22.7 Å². The van der Waals surface area contributed by atoms with E-state index in [4.69, 9.17) is 22.1 Å². The number of halogens is 1. The summed E-state index contributed by atoms with van der Waals surface area (Å²) < 4.78 is 17.5. The van der Waals surface area contributed by atoms with Gasteiger partial charge in [0, 0.05) is 40.8 Å². The average molecular weight is 288 g/mol. The molecule has 5 heteroatoms. The fourth-order valence-corrected chi connectivity index (χ4v) is 3.91. The van der Waals surface area contributed by atoms with Gasteiger partial charge in [0.1, 0.15) is 0 Å². The predicted molar refractivity (Wildman–Crippen MR) is 75.0 cm³/mol. The quantitative estimate of drug-likeness (QED) is 0.924. The fourth-order valence-electron chi connectivity index (χ4n) is 2.04. The molecule has 0 saturated carbocycles. The lowest BCUT2D eigenvalue weighted by molar-refractivity contribution is 0.0992. The van der Waals surface area contributed by atoms with Crippen LogP contribution in [0.5, 0.6) is 0 Å². The lowest BCUT2D eigenvalue weighted by Gasteiger charge is -2.21. The van der Waals surface area contributed by atoms with Gasteiger partial charge in [0.2, 0.25) is 0 Å². The standard InChI is InChI=1S/C13H18ClNO2S/c14-13-7-10(8-15)1-2-11(13)9-18(16)12-3-5-17-6-4-12/h1-2,7,12H,3-6,8-9,15H2. The summed E-state index contributed by atoms with van der Waals surface area (Å²) in [6, 6.07) is 5.74. The van der Waals surface area contributed by atoms with Crippen molar-refractivity contribution in [2.24, 2.45) is 5.73 Å². The van der Waals surface area contributed by atoms with Crippen LogP contribution in [-0.2, 0) is 27.8 Å². The van der Waals surface area contributed by atoms with Crippen molar-refractivity contribution in [3.63, 3.8) is 0 Å². The van der Waals surface area contributed by atoms with E-state index in [2.05, 4.69) is 0 Å². The zero-order chi connectivity index (χ0) is 13.0. The Bertz CT molecular complexity index is 433. The van der Waals surface area contributed by atoms with E-state index in [9.17, 15) is 4.21 Å². The Morgan fingerprint density at radius 3 is 2.72 bits per heavy atom. The molecule has 3 nitrogen and oxygen atoms in total. The second-order valence-corrected chi connectivity index (χ2v) is 6.59. The number of nitrogens with two attached hydrogens (primary N) is 1. The molecular weight excluding hydrogens is 270 g/mol. The van der Waals surface area contributed by atoms with Crippen LogP contribution in [0, 0.1) is 0 Å². The molecular formula is C13H18ClNO2S. The summed E-state index contributed by atoms with van der Waals surface area (Å²) in [5.41, 5.74) is 7.50. The minimum absolute atomic E-state index is 0.240. The van der Waals surface area contributed by atoms with Crippen LogP contribution in [0.25, 0.3) is 0 Å². The molecule has 0 spiro atoms. The highest BCUT2D eigenvalue weighted by molar-refractivity contribution is 7.84. The van der Waals surface area contributed by atoms with Gasteiger partial charge in [-0.2, -0.15) is 0 Å². The van der Waals surface area contributed by atoms with Crippen molar-refractivity contribution in [2.75, 3.05) is 13.2 Å². The molecule has 1 aliphatic heterocycles. The van der Waals surface area contributed by atoms with Gasteiger partial charge in [0.25, 0.3) is 0 Å². The first kappa shape index (κ1) is 14.0. The summed E-state index contributed by atoms with van der Waals surface area (Å²) in [6.07, 6.45) is 1.76. The van der Waals surface area contributed by atoms with Crippen LogP contribution in [0.3, 0.4) is 0 Å². The smallest absolute Gasteiger partial charge is 0.0503 e. The Balaban J connectivity index is 2.02. The molecule has 18 heavy (non-hydrogen) atoms. The van der Waals surface area contributed by atoms with E-state index in [1.165, 1.54) is 0 Å². The summed E-state index contributed by atoms with van der Waals surface area (Å²) in [6.45, 7) is 1.91. The fraction of sp³-hybridized carbons (Fsp3) is 0.538. The highest BCUT2D eigenvalue weighted by Gasteiger charge is 2.20. The van der Waals surface area contributed by atoms with Crippen molar-refractivity contribution in [1.82, 2.24) is 0 Å². The Hall–Kier alpha value is -0.420. The first-order valence-electron chi connectivity index (χ1n) is 6.13. The van der Waals surface area contributed by atoms with Gasteiger partial charge in [-0.1, -0.05) is 23.7 Å². The predicted octanol–water partition coefficient (Wildman–Crippen LogP) is 2.23. The Kier molecular flexibility index (Phi) is 5.18. The van der Waals surface area contributed by atoms with Gasteiger partial charge in [-0.25, -0.2) is 0 Å². The molecule has 0 aromatic heterocycles. The molecule has 2 rings (SSSR count). The Morgan fingerprint density at radius 2 is 2.11 bits per heavy atom. The highest BCUT2D eigenvalue weighted by Crippen LogP contribution is 2.22. The number of hydrogen-bond acceptors (Lipinski definition) is 3. The van der Waals surface area contributed by atoms with Crippen LogP contribution in [0.4, 0.5) is 0 Å². The third-order valence-corrected chi connectivity index (χ3v) is 5.35. The van der Waals surface area contributed by atoms with Gasteiger partial charge in [0.05, 0.1) is 5.75 Å². The van der Waals surface area contributed by atoms with Gasteiger partial charge in [0.15, 0.2) is 0 Å². The first-order chi connectivity index (χ1) is 8.70. The minimum atomic E-state index is -0.872. The lowest BCUT2D eigenvalue weighted by Crippen LogP contribution is -2.25. The van der Waals surface area contributed by atoms with E-state index in [0.717, 1.165) is 37.2 Å². The molecule has 2 N–H and O–H groups in total. The Morgan fingerprint density at radius 1 is 1.39 bits per heavy atom. The summed E-state index contributed by atoms with van der Waals surface area (Å²) in [5, 5.41) is 0.905. The molecule has 0 bridgehead atoms. The van der Waals surface area contributed by atoms with Gasteiger partial charge in [-0.15, -0.1) is 0 Å². The third-order valence-electron chi connectivity index (χ3n) is 3.19. The zero-order valence-electron chi connectivity index (χ0n) is 10.2. The molecule has 1 aromatic rings. The maximum absolute atomic E-state index is 12.2. The van der Waals surface area contributed by atoms with E-state index in [1.807, 2.05) is 18.2 Å². The van der Waals surface area contributed by atoms with Crippen molar-refractivity contribution in [2.45, 2.75) is 30.4 Å². The van der Waals surface area contributed by atoms with E-state index in [1.54, 1.807) is 0 Å². The maximum atomic E-state index is 12.2. The van der Waals surface area contributed by atoms with E-state index in [0.29, 0.717) is 17.3 Å². The molecule has 1 aromatic carbocycles. The first-order valence-corrected chi connectivity index (χ1v) is 7.89. The van der Waals surface area contributed by atoms with Gasteiger partial charge in [-0.3, -0.25) is 4.21 Å². The zero-order valence-corrected chi connectivity index (χ0v) is 11.8. The van der Waals surface area contributed by atoms with Crippen LogP contribution in [0.15, 0.2) is 18.2 Å². The number of rotatable bonds is 4. The highest BCUT2D eigenvalue weighted by atomic mass is 35.5. The topological polar surface area (TPSA) is 52.3 Å². The number of ether oxygens (including phenoxy) is 1. The van der Waals surface area contributed by atoms with Crippen LogP contribution in [0.2, 0.25) is 5.02 Å². The van der Waals surface area contributed by atoms with Crippen molar-refractivity contribution in [3.8, 4) is 0 Å². The van der Waals surface area contributed by atoms with Crippen molar-refractivity contribution in [1.29, 1.82) is 0 Å². The van der Waals surface area contributed by atoms with Crippen LogP contribution < -0.4 is 5.73 Å². The molecule has 0 aliphatic carbocycles. The normalized spacial score (nSPS) is 18.8. The van der Waals surface area contributed by atoms with E-state index < -0.39 is 10.8 Å². The molecule has 0 radical (unpaired) electrons. The summed E-state index contributed by atoms with van der Waals surface area (Å²) in [5.74, 6) is 0.522. The van der Waals surface area contributed by atoms with Crippen molar-refractivity contribution < 1.29 is 8.95 Å². The maximum Gasteiger partial charge on any atom is 0.0503 e.